The smallest absolute Gasteiger partial charge is 0.284 e. The second-order valence-electron chi connectivity index (χ2n) is 11.3. The number of hydrogen-bond donors (Lipinski definition) is 1. The first kappa shape index (κ1) is 32.7. The predicted octanol–water partition coefficient (Wildman–Crippen LogP) is 4.90. The number of carbonyl (C=O) groups is 1. The molecule has 0 radical (unpaired) electrons. The van der Waals surface area contributed by atoms with Crippen molar-refractivity contribution in [2.24, 2.45) is 5.73 Å². The van der Waals surface area contributed by atoms with Crippen LogP contribution in [-0.4, -0.2) is 65.9 Å². The number of aryl methyl sites for hydroxylation is 1. The number of amides is 1. The Labute approximate surface area is 275 Å². The predicted molar refractivity (Wildman–Crippen MR) is 175 cm³/mol. The topological polar surface area (TPSA) is 142 Å². The lowest BCUT2D eigenvalue weighted by Crippen LogP contribution is -2.26. The van der Waals surface area contributed by atoms with Gasteiger partial charge in [0.2, 0.25) is 5.88 Å². The molecule has 1 amide bonds. The summed E-state index contributed by atoms with van der Waals surface area (Å²) in [5.74, 6) is 0.376. The van der Waals surface area contributed by atoms with Crippen LogP contribution in [-0.2, 0) is 16.0 Å². The maximum atomic E-state index is 13.7. The van der Waals surface area contributed by atoms with Crippen LogP contribution in [0.4, 0.5) is 4.39 Å². The summed E-state index contributed by atoms with van der Waals surface area (Å²) in [6.45, 7) is 3.86. The SMILES string of the molecule is COCCOc1cc2ncnc(Oc3ccc(C4CCCn5c4c(C(N)=O)c(=O)n5-c4ccc(F)cc4)cc3C)c2cc1OCCOC. The molecule has 2 N–H and O–H groups in total. The van der Waals surface area contributed by atoms with Gasteiger partial charge in [-0.3, -0.25) is 14.3 Å². The van der Waals surface area contributed by atoms with Gasteiger partial charge in [0.05, 0.1) is 35.5 Å². The zero-order chi connectivity index (χ0) is 33.8. The Morgan fingerprint density at radius 3 is 2.31 bits per heavy atom. The molecule has 5 aromatic rings. The summed E-state index contributed by atoms with van der Waals surface area (Å²) in [6, 6.07) is 14.9. The van der Waals surface area contributed by atoms with Gasteiger partial charge in [0.1, 0.15) is 36.7 Å². The first-order valence-electron chi connectivity index (χ1n) is 15.5. The van der Waals surface area contributed by atoms with Crippen molar-refractivity contribution in [3.05, 3.63) is 99.5 Å². The molecule has 1 atom stereocenters. The van der Waals surface area contributed by atoms with E-state index in [-0.39, 0.29) is 11.5 Å². The van der Waals surface area contributed by atoms with Crippen LogP contribution in [0.25, 0.3) is 16.6 Å². The first-order valence-corrected chi connectivity index (χ1v) is 15.5. The van der Waals surface area contributed by atoms with Crippen LogP contribution in [0.5, 0.6) is 23.1 Å². The Morgan fingerprint density at radius 1 is 0.938 bits per heavy atom. The van der Waals surface area contributed by atoms with E-state index in [1.165, 1.54) is 35.3 Å². The largest absolute Gasteiger partial charge is 0.487 e. The highest BCUT2D eigenvalue weighted by molar-refractivity contribution is 5.94. The number of benzene rings is 3. The minimum atomic E-state index is -0.804. The second-order valence-corrected chi connectivity index (χ2v) is 11.3. The standard InChI is InChI=1S/C35H36FN5O7/c1-21-17-22(25-5-4-12-40-32(25)31(33(37)42)35(43)41(40)24-9-7-23(36)8-10-24)6-11-28(21)48-34-26-18-29(46-15-13-44-2)30(47-16-14-45-3)19-27(26)38-20-39-34/h6-11,17-20,25H,4-5,12-16H2,1-3H3,(H2,37,42). The van der Waals surface area contributed by atoms with Gasteiger partial charge in [-0.2, -0.15) is 0 Å². The number of carbonyl (C=O) groups excluding carboxylic acids is 1. The van der Waals surface area contributed by atoms with Crippen molar-refractivity contribution in [3.63, 3.8) is 0 Å². The Bertz CT molecular complexity index is 2010. The molecule has 1 aliphatic heterocycles. The number of halogens is 1. The van der Waals surface area contributed by atoms with Crippen LogP contribution in [0.3, 0.4) is 0 Å². The normalized spacial score (nSPS) is 14.1. The highest BCUT2D eigenvalue weighted by Crippen LogP contribution is 2.40. The maximum Gasteiger partial charge on any atom is 0.284 e. The van der Waals surface area contributed by atoms with Crippen molar-refractivity contribution in [2.45, 2.75) is 32.2 Å². The number of primary amides is 1. The van der Waals surface area contributed by atoms with Crippen LogP contribution in [0.15, 0.2) is 65.7 Å². The van der Waals surface area contributed by atoms with E-state index in [2.05, 4.69) is 9.97 Å². The van der Waals surface area contributed by atoms with Crippen molar-refractivity contribution in [1.82, 2.24) is 19.3 Å². The molecule has 3 heterocycles. The van der Waals surface area contributed by atoms with E-state index in [9.17, 15) is 14.0 Å². The highest BCUT2D eigenvalue weighted by atomic mass is 19.1. The Kier molecular flexibility index (Phi) is 9.69. The Balaban J connectivity index is 1.34. The minimum Gasteiger partial charge on any atom is -0.487 e. The molecular weight excluding hydrogens is 621 g/mol. The number of rotatable bonds is 13. The summed E-state index contributed by atoms with van der Waals surface area (Å²) in [4.78, 5) is 35.1. The average molecular weight is 658 g/mol. The molecule has 250 valence electrons. The molecule has 0 saturated carbocycles. The maximum absolute atomic E-state index is 13.7. The number of fused-ring (bicyclic) bond motifs is 2. The van der Waals surface area contributed by atoms with Gasteiger partial charge in [-0.05, 0) is 67.3 Å². The molecule has 0 aliphatic carbocycles. The molecule has 2 aromatic heterocycles. The van der Waals surface area contributed by atoms with Gasteiger partial charge in [-0.25, -0.2) is 19.0 Å². The van der Waals surface area contributed by atoms with E-state index in [1.807, 2.05) is 25.1 Å². The van der Waals surface area contributed by atoms with Crippen molar-refractivity contribution < 1.29 is 32.9 Å². The molecule has 12 nitrogen and oxygen atoms in total. The molecule has 0 fully saturated rings. The molecule has 13 heteroatoms. The van der Waals surface area contributed by atoms with Crippen LogP contribution in [0, 0.1) is 12.7 Å². The number of methoxy groups -OCH3 is 2. The summed E-state index contributed by atoms with van der Waals surface area (Å²) in [5, 5.41) is 0.622. The molecule has 3 aromatic carbocycles. The molecule has 1 aliphatic rings. The zero-order valence-electron chi connectivity index (χ0n) is 26.9. The van der Waals surface area contributed by atoms with Crippen molar-refractivity contribution in [3.8, 4) is 28.8 Å². The van der Waals surface area contributed by atoms with Gasteiger partial charge in [-0.15, -0.1) is 0 Å². The van der Waals surface area contributed by atoms with Crippen molar-refractivity contribution in [2.75, 3.05) is 40.6 Å². The fourth-order valence-corrected chi connectivity index (χ4v) is 6.04. The van der Waals surface area contributed by atoms with E-state index >= 15 is 0 Å². The first-order chi connectivity index (χ1) is 23.3. The van der Waals surface area contributed by atoms with Crippen LogP contribution in [0.2, 0.25) is 0 Å². The van der Waals surface area contributed by atoms with Gasteiger partial charge in [-0.1, -0.05) is 12.1 Å². The fraction of sp³-hybridized carbons (Fsp3) is 0.314. The summed E-state index contributed by atoms with van der Waals surface area (Å²) in [5.41, 5.74) is 8.49. The average Bonchev–Trinajstić information content (AvgIpc) is 3.38. The Morgan fingerprint density at radius 2 is 1.65 bits per heavy atom. The summed E-state index contributed by atoms with van der Waals surface area (Å²) >= 11 is 0. The van der Waals surface area contributed by atoms with Gasteiger partial charge >= 0.3 is 0 Å². The molecule has 0 saturated heterocycles. The van der Waals surface area contributed by atoms with E-state index in [4.69, 9.17) is 29.4 Å². The van der Waals surface area contributed by atoms with Gasteiger partial charge in [0, 0.05) is 32.7 Å². The minimum absolute atomic E-state index is 0.0662. The van der Waals surface area contributed by atoms with Crippen LogP contribution < -0.4 is 25.5 Å². The third kappa shape index (κ3) is 6.46. The molecule has 0 spiro atoms. The van der Waals surface area contributed by atoms with Gasteiger partial charge in [0.15, 0.2) is 11.5 Å². The number of ether oxygens (including phenoxy) is 5. The van der Waals surface area contributed by atoms with Gasteiger partial charge < -0.3 is 29.4 Å². The molecule has 1 unspecified atom stereocenters. The van der Waals surface area contributed by atoms with E-state index in [1.54, 1.807) is 31.0 Å². The lowest BCUT2D eigenvalue weighted by molar-refractivity contribution is 0.0997. The second kappa shape index (κ2) is 14.2. The van der Waals surface area contributed by atoms with E-state index < -0.39 is 17.3 Å². The summed E-state index contributed by atoms with van der Waals surface area (Å²) in [7, 11) is 3.20. The third-order valence-electron chi connectivity index (χ3n) is 8.25. The number of nitrogens with two attached hydrogens (primary N) is 1. The highest BCUT2D eigenvalue weighted by Gasteiger charge is 2.33. The van der Waals surface area contributed by atoms with Crippen LogP contribution >= 0.6 is 0 Å². The Hall–Kier alpha value is -5.27. The molecular formula is C35H36FN5O7. The molecule has 48 heavy (non-hydrogen) atoms. The molecule has 0 bridgehead atoms. The summed E-state index contributed by atoms with van der Waals surface area (Å²) in [6.07, 6.45) is 2.87. The van der Waals surface area contributed by atoms with Crippen LogP contribution in [0.1, 0.15) is 45.9 Å². The zero-order valence-corrected chi connectivity index (χ0v) is 26.9. The van der Waals surface area contributed by atoms with Gasteiger partial charge in [0.25, 0.3) is 11.5 Å². The quantitative estimate of drug-likeness (QED) is 0.175. The summed E-state index contributed by atoms with van der Waals surface area (Å²) < 4.78 is 45.3. The van der Waals surface area contributed by atoms with Crippen molar-refractivity contribution >= 4 is 16.8 Å². The molecule has 6 rings (SSSR count). The van der Waals surface area contributed by atoms with E-state index in [0.717, 1.165) is 17.5 Å². The lowest BCUT2D eigenvalue weighted by atomic mass is 9.86. The number of nitrogens with zero attached hydrogens (tertiary/aromatic N) is 4. The van der Waals surface area contributed by atoms with Crippen molar-refractivity contribution in [1.29, 1.82) is 0 Å². The van der Waals surface area contributed by atoms with E-state index in [0.29, 0.717) is 84.8 Å². The third-order valence-corrected chi connectivity index (χ3v) is 8.25. The lowest BCUT2D eigenvalue weighted by Gasteiger charge is -2.27. The number of hydrogen-bond acceptors (Lipinski definition) is 9. The monoisotopic (exact) mass is 657 g/mol. The fourth-order valence-electron chi connectivity index (χ4n) is 6.04. The number of aromatic nitrogens is 4.